The fourth-order valence-corrected chi connectivity index (χ4v) is 4.77. The standard InChI is InChI=1S/C27H17Cl2FN2O3/c28-17-10-11-20(23(29)14-17)25(33)31(19-7-3-6-18(30)15-19)12-13-32-26(34)21-8-1-4-16-5-2-9-22(24(16)21)27(32)35/h1-11,14-15H,12-13H2. The lowest BCUT2D eigenvalue weighted by atomic mass is 9.94. The van der Waals surface area contributed by atoms with Gasteiger partial charge in [0.2, 0.25) is 0 Å². The van der Waals surface area contributed by atoms with E-state index in [0.29, 0.717) is 21.5 Å². The van der Waals surface area contributed by atoms with Crippen molar-refractivity contribution in [3.63, 3.8) is 0 Å². The second-order valence-electron chi connectivity index (χ2n) is 8.03. The lowest BCUT2D eigenvalue weighted by molar-refractivity contribution is 0.0611. The van der Waals surface area contributed by atoms with Crippen LogP contribution in [0.3, 0.4) is 0 Å². The van der Waals surface area contributed by atoms with Gasteiger partial charge in [-0.15, -0.1) is 0 Å². The third-order valence-corrected chi connectivity index (χ3v) is 6.48. The smallest absolute Gasteiger partial charge is 0.261 e. The van der Waals surface area contributed by atoms with Gasteiger partial charge in [0.05, 0.1) is 10.6 Å². The van der Waals surface area contributed by atoms with E-state index in [1.165, 1.54) is 41.3 Å². The molecule has 0 aliphatic carbocycles. The summed E-state index contributed by atoms with van der Waals surface area (Å²) in [6, 6.07) is 20.5. The predicted octanol–water partition coefficient (Wildman–Crippen LogP) is 6.23. The van der Waals surface area contributed by atoms with Crippen molar-refractivity contribution in [1.82, 2.24) is 4.90 Å². The SMILES string of the molecule is O=C1c2cccc3cccc(c23)C(=O)N1CCN(C(=O)c1ccc(Cl)cc1Cl)c1cccc(F)c1. The summed E-state index contributed by atoms with van der Waals surface area (Å²) < 4.78 is 14.0. The van der Waals surface area contributed by atoms with Crippen molar-refractivity contribution in [3.8, 4) is 0 Å². The number of amides is 3. The van der Waals surface area contributed by atoms with Gasteiger partial charge >= 0.3 is 0 Å². The minimum Gasteiger partial charge on any atom is -0.306 e. The number of hydrogen-bond acceptors (Lipinski definition) is 3. The van der Waals surface area contributed by atoms with Crippen molar-refractivity contribution in [2.45, 2.75) is 0 Å². The third kappa shape index (κ3) is 4.16. The molecule has 0 saturated carbocycles. The van der Waals surface area contributed by atoms with E-state index in [-0.39, 0.29) is 29.4 Å². The molecule has 174 valence electrons. The summed E-state index contributed by atoms with van der Waals surface area (Å²) in [7, 11) is 0. The van der Waals surface area contributed by atoms with Gasteiger partial charge in [-0.25, -0.2) is 4.39 Å². The Labute approximate surface area is 210 Å². The molecule has 0 N–H and O–H groups in total. The minimum atomic E-state index is -0.534. The summed E-state index contributed by atoms with van der Waals surface area (Å²) in [5, 5.41) is 1.92. The Bertz CT molecular complexity index is 1470. The van der Waals surface area contributed by atoms with Crippen LogP contribution in [-0.4, -0.2) is 35.7 Å². The molecule has 0 atom stereocenters. The van der Waals surface area contributed by atoms with E-state index in [9.17, 15) is 18.8 Å². The largest absolute Gasteiger partial charge is 0.306 e. The average Bonchev–Trinajstić information content (AvgIpc) is 2.84. The molecule has 0 saturated heterocycles. The van der Waals surface area contributed by atoms with E-state index in [2.05, 4.69) is 0 Å². The molecule has 35 heavy (non-hydrogen) atoms. The number of halogens is 3. The molecule has 0 spiro atoms. The van der Waals surface area contributed by atoms with E-state index in [1.54, 1.807) is 30.3 Å². The van der Waals surface area contributed by atoms with Gasteiger partial charge < -0.3 is 4.90 Å². The summed E-state index contributed by atoms with van der Waals surface area (Å²) in [6.07, 6.45) is 0. The predicted molar refractivity (Wildman–Crippen MR) is 134 cm³/mol. The molecule has 4 aromatic rings. The maximum atomic E-state index is 14.0. The highest BCUT2D eigenvalue weighted by atomic mass is 35.5. The average molecular weight is 507 g/mol. The van der Waals surface area contributed by atoms with E-state index in [4.69, 9.17) is 23.2 Å². The van der Waals surface area contributed by atoms with Crippen LogP contribution in [0.25, 0.3) is 10.8 Å². The number of hydrogen-bond donors (Lipinski definition) is 0. The van der Waals surface area contributed by atoms with Crippen molar-refractivity contribution >= 4 is 57.4 Å². The summed E-state index contributed by atoms with van der Waals surface area (Å²) in [6.45, 7) is -0.174. The normalized spacial score (nSPS) is 12.8. The van der Waals surface area contributed by atoms with Crippen molar-refractivity contribution < 1.29 is 18.8 Å². The number of carbonyl (C=O) groups is 3. The van der Waals surface area contributed by atoms with Crippen LogP contribution >= 0.6 is 23.2 Å². The molecule has 0 fully saturated rings. The van der Waals surface area contributed by atoms with Gasteiger partial charge in [-0.1, -0.05) is 53.5 Å². The van der Waals surface area contributed by atoms with Crippen LogP contribution < -0.4 is 4.90 Å². The zero-order valence-electron chi connectivity index (χ0n) is 18.2. The second-order valence-corrected chi connectivity index (χ2v) is 8.88. The fourth-order valence-electron chi connectivity index (χ4n) is 4.28. The number of rotatable bonds is 5. The zero-order chi connectivity index (χ0) is 24.7. The number of anilines is 1. The Kier molecular flexibility index (Phi) is 6.01. The van der Waals surface area contributed by atoms with Gasteiger partial charge in [0.15, 0.2) is 0 Å². The van der Waals surface area contributed by atoms with Crippen LogP contribution in [0.2, 0.25) is 10.0 Å². The van der Waals surface area contributed by atoms with Crippen LogP contribution in [0, 0.1) is 5.82 Å². The van der Waals surface area contributed by atoms with E-state index in [1.807, 2.05) is 12.1 Å². The van der Waals surface area contributed by atoms with E-state index < -0.39 is 23.5 Å². The fraction of sp³-hybridized carbons (Fsp3) is 0.0741. The maximum Gasteiger partial charge on any atom is 0.261 e. The molecular formula is C27H17Cl2FN2O3. The first-order valence-corrected chi connectivity index (χ1v) is 11.5. The van der Waals surface area contributed by atoms with Gasteiger partial charge in [0.1, 0.15) is 5.82 Å². The number of carbonyl (C=O) groups excluding carboxylic acids is 3. The Balaban J connectivity index is 1.49. The number of nitrogens with zero attached hydrogens (tertiary/aromatic N) is 2. The lowest BCUT2D eigenvalue weighted by Crippen LogP contribution is -2.46. The molecule has 0 aromatic heterocycles. The first kappa shape index (κ1) is 23.0. The first-order chi connectivity index (χ1) is 16.8. The van der Waals surface area contributed by atoms with Crippen LogP contribution in [0.4, 0.5) is 10.1 Å². The summed E-state index contributed by atoms with van der Waals surface area (Å²) in [4.78, 5) is 42.4. The first-order valence-electron chi connectivity index (χ1n) is 10.8. The Morgan fingerprint density at radius 2 is 1.51 bits per heavy atom. The van der Waals surface area contributed by atoms with Gasteiger partial charge in [-0.2, -0.15) is 0 Å². The highest BCUT2D eigenvalue weighted by Gasteiger charge is 2.33. The monoisotopic (exact) mass is 506 g/mol. The Morgan fingerprint density at radius 3 is 2.14 bits per heavy atom. The van der Waals surface area contributed by atoms with Crippen LogP contribution in [-0.2, 0) is 0 Å². The zero-order valence-corrected chi connectivity index (χ0v) is 19.7. The van der Waals surface area contributed by atoms with Gasteiger partial charge in [0, 0.05) is 40.3 Å². The molecule has 1 aliphatic rings. The highest BCUT2D eigenvalue weighted by Crippen LogP contribution is 2.30. The topological polar surface area (TPSA) is 57.7 Å². The van der Waals surface area contributed by atoms with Crippen molar-refractivity contribution in [2.24, 2.45) is 0 Å². The molecule has 4 aromatic carbocycles. The molecule has 1 heterocycles. The van der Waals surface area contributed by atoms with Gasteiger partial charge in [-0.3, -0.25) is 19.3 Å². The highest BCUT2D eigenvalue weighted by molar-refractivity contribution is 6.37. The van der Waals surface area contributed by atoms with Crippen molar-refractivity contribution in [3.05, 3.63) is 111 Å². The van der Waals surface area contributed by atoms with Crippen molar-refractivity contribution in [2.75, 3.05) is 18.0 Å². The lowest BCUT2D eigenvalue weighted by Gasteiger charge is -2.30. The van der Waals surface area contributed by atoms with Crippen LogP contribution in [0.1, 0.15) is 31.1 Å². The minimum absolute atomic E-state index is 0.0726. The number of imide groups is 1. The molecule has 0 unspecified atom stereocenters. The molecule has 3 amide bonds. The van der Waals surface area contributed by atoms with Crippen LogP contribution in [0.5, 0.6) is 0 Å². The quantitative estimate of drug-likeness (QED) is 0.301. The third-order valence-electron chi connectivity index (χ3n) is 5.93. The second kappa shape index (κ2) is 9.13. The Morgan fingerprint density at radius 1 is 0.857 bits per heavy atom. The Hall–Kier alpha value is -3.74. The summed E-state index contributed by atoms with van der Waals surface area (Å²) in [5.74, 6) is -1.95. The number of benzene rings is 4. The molecule has 0 radical (unpaired) electrons. The van der Waals surface area contributed by atoms with Crippen molar-refractivity contribution in [1.29, 1.82) is 0 Å². The van der Waals surface area contributed by atoms with Gasteiger partial charge in [-0.05, 0) is 53.9 Å². The summed E-state index contributed by atoms with van der Waals surface area (Å²) >= 11 is 12.2. The molecular weight excluding hydrogens is 490 g/mol. The van der Waals surface area contributed by atoms with Gasteiger partial charge in [0.25, 0.3) is 17.7 Å². The maximum absolute atomic E-state index is 14.0. The van der Waals surface area contributed by atoms with E-state index >= 15 is 0 Å². The molecule has 0 bridgehead atoms. The molecule has 1 aliphatic heterocycles. The van der Waals surface area contributed by atoms with Crippen LogP contribution in [0.15, 0.2) is 78.9 Å². The molecule has 5 rings (SSSR count). The van der Waals surface area contributed by atoms with E-state index in [0.717, 1.165) is 10.3 Å². The summed E-state index contributed by atoms with van der Waals surface area (Å²) in [5.41, 5.74) is 1.26. The molecule has 8 heteroatoms. The molecule has 5 nitrogen and oxygen atoms in total.